The van der Waals surface area contributed by atoms with Crippen LogP contribution in [0.3, 0.4) is 0 Å². The second kappa shape index (κ2) is 4.06. The van der Waals surface area contributed by atoms with Gasteiger partial charge in [-0.05, 0) is 25.8 Å². The molecular weight excluding hydrogens is 150 g/mol. The van der Waals surface area contributed by atoms with E-state index in [9.17, 15) is 5.11 Å². The fourth-order valence-corrected chi connectivity index (χ4v) is 1.59. The molecule has 1 atom stereocenters. The fourth-order valence-electron chi connectivity index (χ4n) is 1.59. The van der Waals surface area contributed by atoms with Crippen LogP contribution in [0.25, 0.3) is 0 Å². The molecule has 0 spiro atoms. The number of rotatable bonds is 2. The molecule has 70 valence electrons. The minimum absolute atomic E-state index is 0.230. The van der Waals surface area contributed by atoms with E-state index in [1.54, 1.807) is 0 Å². The molecule has 0 fully saturated rings. The molecule has 2 nitrogen and oxygen atoms in total. The summed E-state index contributed by atoms with van der Waals surface area (Å²) in [5.41, 5.74) is 1.20. The van der Waals surface area contributed by atoms with Crippen LogP contribution in [0.1, 0.15) is 27.2 Å². The molecule has 0 aromatic carbocycles. The van der Waals surface area contributed by atoms with Gasteiger partial charge in [-0.3, -0.25) is 4.90 Å². The van der Waals surface area contributed by atoms with Crippen molar-refractivity contribution >= 4 is 0 Å². The van der Waals surface area contributed by atoms with E-state index in [0.29, 0.717) is 6.04 Å². The van der Waals surface area contributed by atoms with Crippen LogP contribution in [0, 0.1) is 0 Å². The van der Waals surface area contributed by atoms with Crippen molar-refractivity contribution in [1.29, 1.82) is 0 Å². The smallest absolute Gasteiger partial charge is 0.0877 e. The maximum atomic E-state index is 9.68. The van der Waals surface area contributed by atoms with Crippen LogP contribution < -0.4 is 0 Å². The van der Waals surface area contributed by atoms with E-state index < -0.39 is 0 Å². The van der Waals surface area contributed by atoms with Crippen LogP contribution in [0.15, 0.2) is 11.6 Å². The van der Waals surface area contributed by atoms with Gasteiger partial charge in [-0.25, -0.2) is 0 Å². The predicted molar refractivity (Wildman–Crippen MR) is 51.1 cm³/mol. The highest BCUT2D eigenvalue weighted by Crippen LogP contribution is 2.15. The lowest BCUT2D eigenvalue weighted by Crippen LogP contribution is -2.41. The van der Waals surface area contributed by atoms with E-state index in [2.05, 4.69) is 31.7 Å². The zero-order valence-electron chi connectivity index (χ0n) is 8.25. The van der Waals surface area contributed by atoms with E-state index in [1.165, 1.54) is 5.57 Å². The molecule has 1 aliphatic heterocycles. The van der Waals surface area contributed by atoms with E-state index in [-0.39, 0.29) is 6.10 Å². The molecule has 0 aliphatic carbocycles. The quantitative estimate of drug-likeness (QED) is 0.632. The fraction of sp³-hybridized carbons (Fsp3) is 0.800. The van der Waals surface area contributed by atoms with Crippen LogP contribution in [0.2, 0.25) is 0 Å². The summed E-state index contributed by atoms with van der Waals surface area (Å²) in [6, 6.07) is 0.536. The zero-order valence-corrected chi connectivity index (χ0v) is 8.25. The molecule has 0 amide bonds. The molecule has 0 aromatic heterocycles. The number of β-amino-alcohol motifs (C(OH)–C–C–N with tert-alkyl or cyclic N) is 1. The number of hydrogen-bond acceptors (Lipinski definition) is 2. The molecule has 2 heteroatoms. The highest BCUT2D eigenvalue weighted by Gasteiger charge is 2.20. The Morgan fingerprint density at radius 1 is 1.67 bits per heavy atom. The molecule has 0 saturated heterocycles. The van der Waals surface area contributed by atoms with Gasteiger partial charge in [0.15, 0.2) is 0 Å². The Balaban J connectivity index is 2.57. The molecule has 12 heavy (non-hydrogen) atoms. The molecule has 1 heterocycles. The first-order valence-corrected chi connectivity index (χ1v) is 4.76. The lowest BCUT2D eigenvalue weighted by Gasteiger charge is -2.32. The monoisotopic (exact) mass is 169 g/mol. The van der Waals surface area contributed by atoms with Gasteiger partial charge in [-0.15, -0.1) is 0 Å². The normalized spacial score (nSPS) is 26.1. The van der Waals surface area contributed by atoms with Gasteiger partial charge >= 0.3 is 0 Å². The van der Waals surface area contributed by atoms with Gasteiger partial charge in [0.25, 0.3) is 0 Å². The van der Waals surface area contributed by atoms with E-state index in [0.717, 1.165) is 19.5 Å². The van der Waals surface area contributed by atoms with Crippen molar-refractivity contribution < 1.29 is 5.11 Å². The predicted octanol–water partition coefficient (Wildman–Crippen LogP) is 1.41. The molecule has 0 aromatic rings. The van der Waals surface area contributed by atoms with E-state index >= 15 is 0 Å². The summed E-state index contributed by atoms with van der Waals surface area (Å²) < 4.78 is 0. The van der Waals surface area contributed by atoms with Gasteiger partial charge in [-0.2, -0.15) is 0 Å². The second-order valence-corrected chi connectivity index (χ2v) is 3.70. The molecule has 0 bridgehead atoms. The summed E-state index contributed by atoms with van der Waals surface area (Å²) in [7, 11) is 0. The molecule has 1 N–H and O–H groups in total. The van der Waals surface area contributed by atoms with Crippen molar-refractivity contribution in [2.75, 3.05) is 13.1 Å². The minimum Gasteiger partial charge on any atom is -0.387 e. The Kier molecular flexibility index (Phi) is 3.29. The number of hydrogen-bond donors (Lipinski definition) is 1. The number of nitrogens with zero attached hydrogens (tertiary/aromatic N) is 1. The van der Waals surface area contributed by atoms with Gasteiger partial charge in [0.2, 0.25) is 0 Å². The topological polar surface area (TPSA) is 23.5 Å². The van der Waals surface area contributed by atoms with E-state index in [1.807, 2.05) is 0 Å². The Hall–Kier alpha value is -0.340. The second-order valence-electron chi connectivity index (χ2n) is 3.70. The summed E-state index contributed by atoms with van der Waals surface area (Å²) >= 11 is 0. The largest absolute Gasteiger partial charge is 0.387 e. The first-order valence-electron chi connectivity index (χ1n) is 4.76. The van der Waals surface area contributed by atoms with Crippen LogP contribution in [-0.4, -0.2) is 35.2 Å². The van der Waals surface area contributed by atoms with Crippen LogP contribution in [0.4, 0.5) is 0 Å². The Morgan fingerprint density at radius 2 is 2.33 bits per heavy atom. The summed E-state index contributed by atoms with van der Waals surface area (Å²) in [5.74, 6) is 0. The molecule has 1 rings (SSSR count). The van der Waals surface area contributed by atoms with Crippen molar-refractivity contribution in [1.82, 2.24) is 4.90 Å². The van der Waals surface area contributed by atoms with Gasteiger partial charge in [0.05, 0.1) is 6.10 Å². The van der Waals surface area contributed by atoms with Crippen molar-refractivity contribution in [3.05, 3.63) is 11.6 Å². The van der Waals surface area contributed by atoms with Crippen molar-refractivity contribution in [2.24, 2.45) is 0 Å². The SMILES string of the molecule is CCC1=CCN(C(C)C)CC1O. The average Bonchev–Trinajstić information content (AvgIpc) is 2.04. The molecular formula is C10H19NO. The Labute approximate surface area is 74.9 Å². The van der Waals surface area contributed by atoms with Crippen LogP contribution >= 0.6 is 0 Å². The van der Waals surface area contributed by atoms with Gasteiger partial charge in [0, 0.05) is 19.1 Å². The first kappa shape index (κ1) is 9.75. The summed E-state index contributed by atoms with van der Waals surface area (Å²) in [5, 5.41) is 9.68. The standard InChI is InChI=1S/C10H19NO/c1-4-9-5-6-11(8(2)3)7-10(9)12/h5,8,10,12H,4,6-7H2,1-3H3. The summed E-state index contributed by atoms with van der Waals surface area (Å²) in [6.45, 7) is 8.23. The summed E-state index contributed by atoms with van der Waals surface area (Å²) in [6.07, 6.45) is 2.91. The van der Waals surface area contributed by atoms with Crippen molar-refractivity contribution in [3.63, 3.8) is 0 Å². The van der Waals surface area contributed by atoms with Gasteiger partial charge in [-0.1, -0.05) is 13.0 Å². The van der Waals surface area contributed by atoms with Crippen molar-refractivity contribution in [2.45, 2.75) is 39.3 Å². The Morgan fingerprint density at radius 3 is 2.75 bits per heavy atom. The van der Waals surface area contributed by atoms with Gasteiger partial charge < -0.3 is 5.11 Å². The lowest BCUT2D eigenvalue weighted by atomic mass is 10.0. The molecule has 1 unspecified atom stereocenters. The minimum atomic E-state index is -0.230. The number of aliphatic hydroxyl groups excluding tert-OH is 1. The number of aliphatic hydroxyl groups is 1. The third-order valence-corrected chi connectivity index (χ3v) is 2.56. The Bertz CT molecular complexity index is 175. The maximum absolute atomic E-state index is 9.68. The van der Waals surface area contributed by atoms with Crippen LogP contribution in [-0.2, 0) is 0 Å². The molecule has 0 radical (unpaired) electrons. The highest BCUT2D eigenvalue weighted by molar-refractivity contribution is 5.12. The molecule has 0 saturated carbocycles. The van der Waals surface area contributed by atoms with Crippen molar-refractivity contribution in [3.8, 4) is 0 Å². The lowest BCUT2D eigenvalue weighted by molar-refractivity contribution is 0.113. The zero-order chi connectivity index (χ0) is 9.14. The molecule has 1 aliphatic rings. The van der Waals surface area contributed by atoms with Crippen LogP contribution in [0.5, 0.6) is 0 Å². The third kappa shape index (κ3) is 2.08. The summed E-state index contributed by atoms with van der Waals surface area (Å²) in [4.78, 5) is 2.28. The maximum Gasteiger partial charge on any atom is 0.0877 e. The van der Waals surface area contributed by atoms with Gasteiger partial charge in [0.1, 0.15) is 0 Å². The highest BCUT2D eigenvalue weighted by atomic mass is 16.3. The first-order chi connectivity index (χ1) is 5.65. The third-order valence-electron chi connectivity index (χ3n) is 2.56. The van der Waals surface area contributed by atoms with E-state index in [4.69, 9.17) is 0 Å². The average molecular weight is 169 g/mol.